The number of hydrogen-bond donors (Lipinski definition) is 1. The quantitative estimate of drug-likeness (QED) is 0.820. The van der Waals surface area contributed by atoms with E-state index >= 15 is 0 Å². The highest BCUT2D eigenvalue weighted by Crippen LogP contribution is 2.39. The van der Waals surface area contributed by atoms with E-state index in [1.165, 1.54) is 19.3 Å². The molecule has 0 bridgehead atoms. The van der Waals surface area contributed by atoms with Crippen LogP contribution in [0.3, 0.4) is 0 Å². The summed E-state index contributed by atoms with van der Waals surface area (Å²) in [5.74, 6) is 0.977. The van der Waals surface area contributed by atoms with Crippen LogP contribution in [0.5, 0.6) is 0 Å². The Labute approximate surface area is 89.4 Å². The van der Waals surface area contributed by atoms with Crippen LogP contribution in [0.15, 0.2) is 16.5 Å². The van der Waals surface area contributed by atoms with Crippen molar-refractivity contribution in [3.63, 3.8) is 0 Å². The second-order valence-electron chi connectivity index (χ2n) is 4.15. The van der Waals surface area contributed by atoms with E-state index < -0.39 is 0 Å². The molecule has 78 valence electrons. The molecule has 2 nitrogen and oxygen atoms in total. The minimum Gasteiger partial charge on any atom is -0.449 e. The summed E-state index contributed by atoms with van der Waals surface area (Å²) < 4.78 is 5.50. The van der Waals surface area contributed by atoms with Crippen LogP contribution in [0.25, 0.3) is 0 Å². The van der Waals surface area contributed by atoms with Crippen molar-refractivity contribution in [2.45, 2.75) is 37.5 Å². The van der Waals surface area contributed by atoms with Crippen LogP contribution in [0.2, 0.25) is 5.22 Å². The van der Waals surface area contributed by atoms with E-state index in [0.29, 0.717) is 11.8 Å². The molecular weight excluding hydrogens is 198 g/mol. The molecule has 2 N–H and O–H groups in total. The van der Waals surface area contributed by atoms with E-state index in [-0.39, 0.29) is 5.41 Å². The SMILES string of the molecule is NCC1(c2ccc(Cl)o2)CCCCC1. The van der Waals surface area contributed by atoms with Crippen LogP contribution < -0.4 is 5.73 Å². The first-order valence-electron chi connectivity index (χ1n) is 5.23. The minimum atomic E-state index is 0.0609. The molecule has 1 aromatic heterocycles. The molecular formula is C11H16ClNO. The highest BCUT2D eigenvalue weighted by Gasteiger charge is 2.35. The molecule has 1 saturated carbocycles. The third kappa shape index (κ3) is 1.69. The second-order valence-corrected chi connectivity index (χ2v) is 4.52. The molecule has 1 fully saturated rings. The Morgan fingerprint density at radius 1 is 1.29 bits per heavy atom. The van der Waals surface area contributed by atoms with Gasteiger partial charge < -0.3 is 10.2 Å². The van der Waals surface area contributed by atoms with Gasteiger partial charge in [-0.05, 0) is 36.6 Å². The van der Waals surface area contributed by atoms with Crippen LogP contribution in [0.1, 0.15) is 37.9 Å². The van der Waals surface area contributed by atoms with Crippen LogP contribution in [0.4, 0.5) is 0 Å². The van der Waals surface area contributed by atoms with Gasteiger partial charge in [-0.25, -0.2) is 0 Å². The van der Waals surface area contributed by atoms with Gasteiger partial charge in [0.1, 0.15) is 5.76 Å². The van der Waals surface area contributed by atoms with Crippen molar-refractivity contribution in [3.05, 3.63) is 23.1 Å². The van der Waals surface area contributed by atoms with Gasteiger partial charge in [-0.3, -0.25) is 0 Å². The molecule has 1 aliphatic rings. The predicted octanol–water partition coefficient (Wildman–Crippen LogP) is 3.09. The molecule has 0 radical (unpaired) electrons. The van der Waals surface area contributed by atoms with Crippen molar-refractivity contribution in [2.24, 2.45) is 5.73 Å². The first-order valence-corrected chi connectivity index (χ1v) is 5.60. The number of nitrogens with two attached hydrogens (primary N) is 1. The number of rotatable bonds is 2. The maximum Gasteiger partial charge on any atom is 0.193 e. The lowest BCUT2D eigenvalue weighted by Crippen LogP contribution is -2.36. The fourth-order valence-corrected chi connectivity index (χ4v) is 2.53. The van der Waals surface area contributed by atoms with Crippen molar-refractivity contribution >= 4 is 11.6 Å². The van der Waals surface area contributed by atoms with Gasteiger partial charge in [0.05, 0.1) is 0 Å². The molecule has 3 heteroatoms. The summed E-state index contributed by atoms with van der Waals surface area (Å²) in [6.45, 7) is 0.664. The Morgan fingerprint density at radius 3 is 2.50 bits per heavy atom. The Kier molecular flexibility index (Phi) is 2.84. The van der Waals surface area contributed by atoms with E-state index in [0.717, 1.165) is 18.6 Å². The fraction of sp³-hybridized carbons (Fsp3) is 0.636. The van der Waals surface area contributed by atoms with Crippen molar-refractivity contribution in [3.8, 4) is 0 Å². The smallest absolute Gasteiger partial charge is 0.193 e. The summed E-state index contributed by atoms with van der Waals surface area (Å²) in [5, 5.41) is 0.471. The van der Waals surface area contributed by atoms with Gasteiger partial charge in [-0.1, -0.05) is 19.3 Å². The standard InChI is InChI=1S/C11H16ClNO/c12-10-5-4-9(14-10)11(8-13)6-2-1-3-7-11/h4-5H,1-3,6-8,13H2. The Bertz CT molecular complexity index is 302. The first kappa shape index (κ1) is 10.1. The Balaban J connectivity index is 2.26. The second kappa shape index (κ2) is 3.95. The zero-order valence-electron chi connectivity index (χ0n) is 8.26. The lowest BCUT2D eigenvalue weighted by atomic mass is 9.72. The third-order valence-corrected chi connectivity index (χ3v) is 3.50. The van der Waals surface area contributed by atoms with Crippen LogP contribution in [-0.4, -0.2) is 6.54 Å². The van der Waals surface area contributed by atoms with Gasteiger partial charge in [-0.2, -0.15) is 0 Å². The highest BCUT2D eigenvalue weighted by atomic mass is 35.5. The first-order chi connectivity index (χ1) is 6.77. The molecule has 14 heavy (non-hydrogen) atoms. The number of furan rings is 1. The molecule has 0 atom stereocenters. The fourth-order valence-electron chi connectivity index (χ4n) is 2.38. The average Bonchev–Trinajstić information content (AvgIpc) is 2.66. The van der Waals surface area contributed by atoms with Gasteiger partial charge in [0, 0.05) is 12.0 Å². The van der Waals surface area contributed by atoms with Gasteiger partial charge in [-0.15, -0.1) is 0 Å². The normalized spacial score (nSPS) is 21.0. The maximum absolute atomic E-state index is 5.88. The molecule has 0 saturated heterocycles. The van der Waals surface area contributed by atoms with Gasteiger partial charge in [0.2, 0.25) is 0 Å². The summed E-state index contributed by atoms with van der Waals surface area (Å²) in [5.41, 5.74) is 5.94. The van der Waals surface area contributed by atoms with Crippen LogP contribution in [-0.2, 0) is 5.41 Å². The lowest BCUT2D eigenvalue weighted by molar-refractivity contribution is 0.252. The molecule has 0 unspecified atom stereocenters. The largest absolute Gasteiger partial charge is 0.449 e. The van der Waals surface area contributed by atoms with Crippen molar-refractivity contribution in [1.82, 2.24) is 0 Å². The summed E-state index contributed by atoms with van der Waals surface area (Å²) in [6, 6.07) is 3.78. The molecule has 1 aromatic rings. The predicted molar refractivity (Wildman–Crippen MR) is 57.5 cm³/mol. The van der Waals surface area contributed by atoms with E-state index in [4.69, 9.17) is 21.8 Å². The minimum absolute atomic E-state index is 0.0609. The number of hydrogen-bond acceptors (Lipinski definition) is 2. The molecule has 1 aliphatic carbocycles. The van der Waals surface area contributed by atoms with E-state index in [1.54, 1.807) is 0 Å². The third-order valence-electron chi connectivity index (χ3n) is 3.30. The molecule has 0 aromatic carbocycles. The topological polar surface area (TPSA) is 39.2 Å². The van der Waals surface area contributed by atoms with Gasteiger partial charge in [0.25, 0.3) is 0 Å². The molecule has 1 heterocycles. The van der Waals surface area contributed by atoms with Crippen molar-refractivity contribution in [2.75, 3.05) is 6.54 Å². The molecule has 0 amide bonds. The Morgan fingerprint density at radius 2 is 2.00 bits per heavy atom. The van der Waals surface area contributed by atoms with Crippen molar-refractivity contribution in [1.29, 1.82) is 0 Å². The summed E-state index contributed by atoms with van der Waals surface area (Å²) >= 11 is 5.79. The highest BCUT2D eigenvalue weighted by molar-refractivity contribution is 6.28. The molecule has 2 rings (SSSR count). The van der Waals surface area contributed by atoms with E-state index in [1.807, 2.05) is 12.1 Å². The maximum atomic E-state index is 5.88. The zero-order valence-corrected chi connectivity index (χ0v) is 9.02. The monoisotopic (exact) mass is 213 g/mol. The summed E-state index contributed by atoms with van der Waals surface area (Å²) in [7, 11) is 0. The van der Waals surface area contributed by atoms with E-state index in [2.05, 4.69) is 0 Å². The van der Waals surface area contributed by atoms with E-state index in [9.17, 15) is 0 Å². The summed E-state index contributed by atoms with van der Waals surface area (Å²) in [4.78, 5) is 0. The summed E-state index contributed by atoms with van der Waals surface area (Å²) in [6.07, 6.45) is 6.07. The van der Waals surface area contributed by atoms with Crippen molar-refractivity contribution < 1.29 is 4.42 Å². The van der Waals surface area contributed by atoms with Crippen LogP contribution in [0, 0.1) is 0 Å². The Hall–Kier alpha value is -0.470. The van der Waals surface area contributed by atoms with Gasteiger partial charge >= 0.3 is 0 Å². The average molecular weight is 214 g/mol. The zero-order chi connectivity index (χ0) is 10.0. The van der Waals surface area contributed by atoms with Crippen LogP contribution >= 0.6 is 11.6 Å². The number of halogens is 1. The molecule has 0 aliphatic heterocycles. The molecule has 0 spiro atoms. The lowest BCUT2D eigenvalue weighted by Gasteiger charge is -2.34. The van der Waals surface area contributed by atoms with Gasteiger partial charge in [0.15, 0.2) is 5.22 Å².